The highest BCUT2D eigenvalue weighted by molar-refractivity contribution is 5.36. The molecule has 1 aromatic rings. The summed E-state index contributed by atoms with van der Waals surface area (Å²) in [7, 11) is 2.16. The topological polar surface area (TPSA) is 55.6 Å². The first-order valence-corrected chi connectivity index (χ1v) is 6.25. The minimum absolute atomic E-state index is 0.107. The SMILES string of the molecule is CN1CC2CC1CC2Oc1ccc([N+](=O)[O-])cc1. The van der Waals surface area contributed by atoms with Gasteiger partial charge in [0.2, 0.25) is 0 Å². The Morgan fingerprint density at radius 1 is 1.33 bits per heavy atom. The van der Waals surface area contributed by atoms with Crippen molar-refractivity contribution in [2.75, 3.05) is 13.6 Å². The van der Waals surface area contributed by atoms with Crippen molar-refractivity contribution in [2.45, 2.75) is 25.0 Å². The lowest BCUT2D eigenvalue weighted by Crippen LogP contribution is -2.37. The molecule has 3 unspecified atom stereocenters. The first kappa shape index (κ1) is 11.5. The van der Waals surface area contributed by atoms with E-state index in [4.69, 9.17) is 4.74 Å². The van der Waals surface area contributed by atoms with Gasteiger partial charge < -0.3 is 9.64 Å². The fourth-order valence-corrected chi connectivity index (χ4v) is 3.09. The summed E-state index contributed by atoms with van der Waals surface area (Å²) in [5.74, 6) is 1.34. The molecule has 3 atom stereocenters. The highest BCUT2D eigenvalue weighted by Crippen LogP contribution is 2.38. The second-order valence-corrected chi connectivity index (χ2v) is 5.23. The van der Waals surface area contributed by atoms with E-state index in [1.807, 2.05) is 0 Å². The molecule has 1 saturated carbocycles. The number of fused-ring (bicyclic) bond motifs is 2. The van der Waals surface area contributed by atoms with Gasteiger partial charge in [0, 0.05) is 37.1 Å². The van der Waals surface area contributed by atoms with E-state index in [1.165, 1.54) is 18.6 Å². The number of nitro groups is 1. The zero-order valence-corrected chi connectivity index (χ0v) is 10.3. The van der Waals surface area contributed by atoms with Crippen molar-refractivity contribution in [3.05, 3.63) is 34.4 Å². The van der Waals surface area contributed by atoms with E-state index in [-0.39, 0.29) is 11.8 Å². The summed E-state index contributed by atoms with van der Waals surface area (Å²) in [5, 5.41) is 10.6. The van der Waals surface area contributed by atoms with Gasteiger partial charge in [0.05, 0.1) is 4.92 Å². The quantitative estimate of drug-likeness (QED) is 0.607. The number of hydrogen-bond donors (Lipinski definition) is 0. The van der Waals surface area contributed by atoms with Crippen LogP contribution in [0.5, 0.6) is 5.75 Å². The Morgan fingerprint density at radius 2 is 2.06 bits per heavy atom. The average Bonchev–Trinajstić information content (AvgIpc) is 2.88. The van der Waals surface area contributed by atoms with Crippen molar-refractivity contribution >= 4 is 5.69 Å². The fourth-order valence-electron chi connectivity index (χ4n) is 3.09. The molecule has 18 heavy (non-hydrogen) atoms. The Hall–Kier alpha value is -1.62. The second-order valence-electron chi connectivity index (χ2n) is 5.23. The maximum Gasteiger partial charge on any atom is 0.269 e. The van der Waals surface area contributed by atoms with Crippen molar-refractivity contribution < 1.29 is 9.66 Å². The summed E-state index contributed by atoms with van der Waals surface area (Å²) >= 11 is 0. The number of nitro benzene ring substituents is 1. The molecule has 3 rings (SSSR count). The third-order valence-electron chi connectivity index (χ3n) is 4.09. The first-order chi connectivity index (χ1) is 8.63. The molecule has 1 aliphatic carbocycles. The van der Waals surface area contributed by atoms with Crippen LogP contribution in [-0.2, 0) is 0 Å². The Kier molecular flexibility index (Phi) is 2.70. The van der Waals surface area contributed by atoms with E-state index in [1.54, 1.807) is 12.1 Å². The minimum Gasteiger partial charge on any atom is -0.490 e. The average molecular weight is 248 g/mol. The van der Waals surface area contributed by atoms with Crippen LogP contribution in [0, 0.1) is 16.0 Å². The number of non-ortho nitro benzene ring substituents is 1. The van der Waals surface area contributed by atoms with Crippen LogP contribution in [0.4, 0.5) is 5.69 Å². The number of likely N-dealkylation sites (tertiary alicyclic amines) is 1. The van der Waals surface area contributed by atoms with Crippen molar-refractivity contribution in [1.29, 1.82) is 0 Å². The number of hydrogen-bond acceptors (Lipinski definition) is 4. The van der Waals surface area contributed by atoms with Crippen LogP contribution >= 0.6 is 0 Å². The summed E-state index contributed by atoms with van der Waals surface area (Å²) < 4.78 is 5.94. The normalized spacial score (nSPS) is 30.6. The molecule has 1 aromatic carbocycles. The Balaban J connectivity index is 1.65. The molecule has 5 nitrogen and oxygen atoms in total. The molecule has 5 heteroatoms. The molecule has 2 bridgehead atoms. The van der Waals surface area contributed by atoms with Crippen LogP contribution in [-0.4, -0.2) is 35.6 Å². The van der Waals surface area contributed by atoms with E-state index in [2.05, 4.69) is 11.9 Å². The fraction of sp³-hybridized carbons (Fsp3) is 0.538. The molecule has 0 radical (unpaired) electrons. The molecular weight excluding hydrogens is 232 g/mol. The van der Waals surface area contributed by atoms with E-state index in [9.17, 15) is 10.1 Å². The van der Waals surface area contributed by atoms with Gasteiger partial charge >= 0.3 is 0 Å². The summed E-state index contributed by atoms with van der Waals surface area (Å²) in [6.45, 7) is 1.10. The number of rotatable bonds is 3. The van der Waals surface area contributed by atoms with Crippen molar-refractivity contribution in [2.24, 2.45) is 5.92 Å². The standard InChI is InChI=1S/C13H16N2O3/c1-14-8-9-6-11(14)7-13(9)18-12-4-2-10(3-5-12)15(16)17/h2-5,9,11,13H,6-8H2,1H3. The highest BCUT2D eigenvalue weighted by atomic mass is 16.6. The minimum atomic E-state index is -0.393. The van der Waals surface area contributed by atoms with Gasteiger partial charge in [0.25, 0.3) is 5.69 Å². The lowest BCUT2D eigenvalue weighted by atomic mass is 10.1. The van der Waals surface area contributed by atoms with Crippen LogP contribution in [0.3, 0.4) is 0 Å². The van der Waals surface area contributed by atoms with Crippen LogP contribution in [0.2, 0.25) is 0 Å². The third kappa shape index (κ3) is 1.95. The molecule has 0 spiro atoms. The Morgan fingerprint density at radius 3 is 2.56 bits per heavy atom. The van der Waals surface area contributed by atoms with Gasteiger partial charge in [-0.3, -0.25) is 10.1 Å². The Bertz CT molecular complexity index is 458. The molecule has 2 aliphatic rings. The van der Waals surface area contributed by atoms with Gasteiger partial charge in [-0.15, -0.1) is 0 Å². The van der Waals surface area contributed by atoms with E-state index >= 15 is 0 Å². The van der Waals surface area contributed by atoms with Crippen molar-refractivity contribution in [1.82, 2.24) is 4.90 Å². The maximum atomic E-state index is 10.6. The van der Waals surface area contributed by atoms with Gasteiger partial charge in [-0.2, -0.15) is 0 Å². The second kappa shape index (κ2) is 4.24. The van der Waals surface area contributed by atoms with Crippen LogP contribution in [0.15, 0.2) is 24.3 Å². The van der Waals surface area contributed by atoms with E-state index < -0.39 is 4.92 Å². The van der Waals surface area contributed by atoms with Crippen LogP contribution in [0.25, 0.3) is 0 Å². The predicted molar refractivity (Wildman–Crippen MR) is 66.7 cm³/mol. The molecule has 0 aromatic heterocycles. The predicted octanol–water partition coefficient (Wildman–Crippen LogP) is 2.07. The number of benzene rings is 1. The van der Waals surface area contributed by atoms with Crippen molar-refractivity contribution in [3.63, 3.8) is 0 Å². The largest absolute Gasteiger partial charge is 0.490 e. The van der Waals surface area contributed by atoms with Gasteiger partial charge in [-0.1, -0.05) is 0 Å². The van der Waals surface area contributed by atoms with E-state index in [0.29, 0.717) is 12.0 Å². The maximum absolute atomic E-state index is 10.6. The van der Waals surface area contributed by atoms with E-state index in [0.717, 1.165) is 18.7 Å². The van der Waals surface area contributed by atoms with Crippen LogP contribution in [0.1, 0.15) is 12.8 Å². The summed E-state index contributed by atoms with van der Waals surface area (Å²) in [6.07, 6.45) is 2.56. The summed E-state index contributed by atoms with van der Waals surface area (Å²) in [5.41, 5.74) is 0.107. The molecule has 2 fully saturated rings. The molecule has 1 heterocycles. The molecule has 1 aliphatic heterocycles. The summed E-state index contributed by atoms with van der Waals surface area (Å²) in [4.78, 5) is 12.6. The van der Waals surface area contributed by atoms with Gasteiger partial charge in [-0.05, 0) is 25.6 Å². The Labute approximate surface area is 106 Å². The third-order valence-corrected chi connectivity index (χ3v) is 4.09. The monoisotopic (exact) mass is 248 g/mol. The zero-order valence-electron chi connectivity index (χ0n) is 10.3. The smallest absolute Gasteiger partial charge is 0.269 e. The molecule has 0 N–H and O–H groups in total. The summed E-state index contributed by atoms with van der Waals surface area (Å²) in [6, 6.07) is 7.02. The number of piperidine rings is 1. The first-order valence-electron chi connectivity index (χ1n) is 6.25. The lowest BCUT2D eigenvalue weighted by molar-refractivity contribution is -0.384. The molecule has 96 valence electrons. The molecule has 0 amide bonds. The highest BCUT2D eigenvalue weighted by Gasteiger charge is 2.44. The molecule has 1 saturated heterocycles. The molecular formula is C13H16N2O3. The van der Waals surface area contributed by atoms with Gasteiger partial charge in [0.15, 0.2) is 0 Å². The zero-order chi connectivity index (χ0) is 12.7. The van der Waals surface area contributed by atoms with Gasteiger partial charge in [-0.25, -0.2) is 0 Å². The number of ether oxygens (including phenoxy) is 1. The number of nitrogens with zero attached hydrogens (tertiary/aromatic N) is 2. The van der Waals surface area contributed by atoms with Crippen molar-refractivity contribution in [3.8, 4) is 5.75 Å². The van der Waals surface area contributed by atoms with Crippen LogP contribution < -0.4 is 4.74 Å². The van der Waals surface area contributed by atoms with Gasteiger partial charge in [0.1, 0.15) is 11.9 Å². The lowest BCUT2D eigenvalue weighted by Gasteiger charge is -2.28.